The number of hydrogen-bond donors (Lipinski definition) is 2. The molecule has 0 saturated heterocycles. The van der Waals surface area contributed by atoms with E-state index in [0.29, 0.717) is 15.8 Å². The van der Waals surface area contributed by atoms with Crippen molar-refractivity contribution >= 4 is 27.7 Å². The predicted molar refractivity (Wildman–Crippen MR) is 91.2 cm³/mol. The van der Waals surface area contributed by atoms with Crippen molar-refractivity contribution in [1.82, 2.24) is 10.9 Å². The largest absolute Gasteiger partial charge is 0.483 e. The fourth-order valence-electron chi connectivity index (χ4n) is 2.04. The fraction of sp³-hybridized carbons (Fsp3) is 0.176. The zero-order valence-electron chi connectivity index (χ0n) is 12.9. The third-order valence-electron chi connectivity index (χ3n) is 3.19. The maximum Gasteiger partial charge on any atom is 0.276 e. The van der Waals surface area contributed by atoms with Crippen LogP contribution in [0.25, 0.3) is 0 Å². The van der Waals surface area contributed by atoms with Gasteiger partial charge >= 0.3 is 0 Å². The number of hydrogen-bond acceptors (Lipinski definition) is 3. The van der Waals surface area contributed by atoms with E-state index in [1.165, 1.54) is 0 Å². The van der Waals surface area contributed by atoms with Crippen molar-refractivity contribution in [1.29, 1.82) is 0 Å². The van der Waals surface area contributed by atoms with Crippen LogP contribution in [-0.4, -0.2) is 18.4 Å². The molecule has 0 bridgehead atoms. The Morgan fingerprint density at radius 3 is 2.30 bits per heavy atom. The molecule has 0 saturated carbocycles. The highest BCUT2D eigenvalue weighted by atomic mass is 79.9. The summed E-state index contributed by atoms with van der Waals surface area (Å²) >= 11 is 3.28. The maximum absolute atomic E-state index is 12.0. The normalized spacial score (nSPS) is 10.0. The third kappa shape index (κ3) is 4.56. The fourth-order valence-corrected chi connectivity index (χ4v) is 2.50. The van der Waals surface area contributed by atoms with Gasteiger partial charge in [-0.25, -0.2) is 0 Å². The van der Waals surface area contributed by atoms with Gasteiger partial charge in [0.1, 0.15) is 5.75 Å². The van der Waals surface area contributed by atoms with Crippen molar-refractivity contribution in [2.24, 2.45) is 0 Å². The molecular formula is C17H17BrN2O3. The number of carbonyl (C=O) groups is 2. The Labute approximate surface area is 143 Å². The Balaban J connectivity index is 1.86. The molecule has 2 rings (SSSR count). The first-order chi connectivity index (χ1) is 11.0. The predicted octanol–water partition coefficient (Wildman–Crippen LogP) is 2.91. The quantitative estimate of drug-likeness (QED) is 0.806. The van der Waals surface area contributed by atoms with Crippen molar-refractivity contribution in [3.8, 4) is 5.75 Å². The molecule has 0 aliphatic rings. The lowest BCUT2D eigenvalue weighted by Crippen LogP contribution is -2.44. The molecular weight excluding hydrogens is 360 g/mol. The van der Waals surface area contributed by atoms with E-state index < -0.39 is 11.8 Å². The van der Waals surface area contributed by atoms with Crippen molar-refractivity contribution in [2.45, 2.75) is 13.8 Å². The molecule has 0 aromatic heterocycles. The van der Waals surface area contributed by atoms with Crippen LogP contribution in [0.3, 0.4) is 0 Å². The molecule has 2 aromatic carbocycles. The first-order valence-corrected chi connectivity index (χ1v) is 7.81. The van der Waals surface area contributed by atoms with Crippen LogP contribution in [0.1, 0.15) is 21.5 Å². The number of rotatable bonds is 4. The van der Waals surface area contributed by atoms with Crippen molar-refractivity contribution in [2.75, 3.05) is 6.61 Å². The SMILES string of the molecule is Cc1cccc(C)c1OCC(=O)NNC(=O)c1ccccc1Br. The standard InChI is InChI=1S/C17H17BrN2O3/c1-11-6-5-7-12(2)16(11)23-10-15(21)19-20-17(22)13-8-3-4-9-14(13)18/h3-9H,10H2,1-2H3,(H,19,21)(H,20,22). The molecule has 2 amide bonds. The van der Waals surface area contributed by atoms with Crippen LogP contribution in [0, 0.1) is 13.8 Å². The molecule has 2 aromatic rings. The lowest BCUT2D eigenvalue weighted by Gasteiger charge is -2.12. The van der Waals surface area contributed by atoms with Gasteiger partial charge in [0, 0.05) is 4.47 Å². The second kappa shape index (κ2) is 7.78. The van der Waals surface area contributed by atoms with Crippen LogP contribution in [0.15, 0.2) is 46.9 Å². The number of hydrazine groups is 1. The van der Waals surface area contributed by atoms with E-state index in [0.717, 1.165) is 11.1 Å². The van der Waals surface area contributed by atoms with Gasteiger partial charge in [-0.3, -0.25) is 20.4 Å². The number of aryl methyl sites for hydroxylation is 2. The van der Waals surface area contributed by atoms with Crippen LogP contribution in [0.4, 0.5) is 0 Å². The molecule has 0 heterocycles. The summed E-state index contributed by atoms with van der Waals surface area (Å²) in [5, 5.41) is 0. The lowest BCUT2D eigenvalue weighted by atomic mass is 10.1. The highest BCUT2D eigenvalue weighted by Crippen LogP contribution is 2.22. The van der Waals surface area contributed by atoms with Crippen LogP contribution in [0.2, 0.25) is 0 Å². The molecule has 5 nitrogen and oxygen atoms in total. The summed E-state index contributed by atoms with van der Waals surface area (Å²) in [5.41, 5.74) is 7.03. The number of carbonyl (C=O) groups excluding carboxylic acids is 2. The van der Waals surface area contributed by atoms with Gasteiger partial charge in [0.15, 0.2) is 6.61 Å². The van der Waals surface area contributed by atoms with Gasteiger partial charge in [0.25, 0.3) is 11.8 Å². The maximum atomic E-state index is 12.0. The van der Waals surface area contributed by atoms with Gasteiger partial charge in [0.05, 0.1) is 5.56 Å². The highest BCUT2D eigenvalue weighted by molar-refractivity contribution is 9.10. The molecule has 0 aliphatic carbocycles. The highest BCUT2D eigenvalue weighted by Gasteiger charge is 2.11. The number of para-hydroxylation sites is 1. The summed E-state index contributed by atoms with van der Waals surface area (Å²) in [6, 6.07) is 12.7. The molecule has 0 fully saturated rings. The van der Waals surface area contributed by atoms with Crippen LogP contribution in [0.5, 0.6) is 5.75 Å². The smallest absolute Gasteiger partial charge is 0.276 e. The number of amides is 2. The van der Waals surface area contributed by atoms with E-state index in [1.54, 1.807) is 24.3 Å². The summed E-state index contributed by atoms with van der Waals surface area (Å²) in [4.78, 5) is 23.8. The van der Waals surface area contributed by atoms with Gasteiger partial charge in [-0.1, -0.05) is 30.3 Å². The topological polar surface area (TPSA) is 67.4 Å². The number of nitrogens with one attached hydrogen (secondary N) is 2. The van der Waals surface area contributed by atoms with E-state index in [-0.39, 0.29) is 6.61 Å². The zero-order valence-corrected chi connectivity index (χ0v) is 14.4. The van der Waals surface area contributed by atoms with E-state index in [2.05, 4.69) is 26.8 Å². The Kier molecular flexibility index (Phi) is 5.76. The molecule has 120 valence electrons. The van der Waals surface area contributed by atoms with Crippen molar-refractivity contribution in [3.05, 3.63) is 63.6 Å². The third-order valence-corrected chi connectivity index (χ3v) is 3.88. The molecule has 0 spiro atoms. The minimum absolute atomic E-state index is 0.179. The Morgan fingerprint density at radius 1 is 1.00 bits per heavy atom. The molecule has 0 aliphatic heterocycles. The van der Waals surface area contributed by atoms with Gasteiger partial charge in [0.2, 0.25) is 0 Å². The summed E-state index contributed by atoms with van der Waals surface area (Å²) < 4.78 is 6.17. The van der Waals surface area contributed by atoms with Gasteiger partial charge in [-0.15, -0.1) is 0 Å². The van der Waals surface area contributed by atoms with E-state index in [9.17, 15) is 9.59 Å². The second-order valence-corrected chi connectivity index (χ2v) is 5.85. The van der Waals surface area contributed by atoms with E-state index in [4.69, 9.17) is 4.74 Å². The van der Waals surface area contributed by atoms with Gasteiger partial charge in [-0.05, 0) is 53.0 Å². The van der Waals surface area contributed by atoms with E-state index in [1.807, 2.05) is 32.0 Å². The summed E-state index contributed by atoms with van der Waals surface area (Å²) in [6.07, 6.45) is 0. The van der Waals surface area contributed by atoms with Gasteiger partial charge in [-0.2, -0.15) is 0 Å². The first kappa shape index (κ1) is 17.0. The molecule has 0 atom stereocenters. The average molecular weight is 377 g/mol. The van der Waals surface area contributed by atoms with Crippen LogP contribution < -0.4 is 15.6 Å². The van der Waals surface area contributed by atoms with Crippen LogP contribution >= 0.6 is 15.9 Å². The Bertz CT molecular complexity index is 711. The molecule has 23 heavy (non-hydrogen) atoms. The van der Waals surface area contributed by atoms with Crippen molar-refractivity contribution < 1.29 is 14.3 Å². The molecule has 6 heteroatoms. The Hall–Kier alpha value is -2.34. The average Bonchev–Trinajstić information content (AvgIpc) is 2.52. The zero-order chi connectivity index (χ0) is 16.8. The first-order valence-electron chi connectivity index (χ1n) is 7.01. The van der Waals surface area contributed by atoms with E-state index >= 15 is 0 Å². The number of ether oxygens (including phenoxy) is 1. The van der Waals surface area contributed by atoms with Gasteiger partial charge < -0.3 is 4.74 Å². The lowest BCUT2D eigenvalue weighted by molar-refractivity contribution is -0.123. The molecule has 2 N–H and O–H groups in total. The monoisotopic (exact) mass is 376 g/mol. The second-order valence-electron chi connectivity index (χ2n) is 4.99. The number of halogens is 1. The summed E-state index contributed by atoms with van der Waals surface area (Å²) in [7, 11) is 0. The molecule has 0 unspecified atom stereocenters. The molecule has 0 radical (unpaired) electrons. The minimum Gasteiger partial charge on any atom is -0.483 e. The van der Waals surface area contributed by atoms with Crippen LogP contribution in [-0.2, 0) is 4.79 Å². The summed E-state index contributed by atoms with van der Waals surface area (Å²) in [6.45, 7) is 3.64. The van der Waals surface area contributed by atoms with Crippen molar-refractivity contribution in [3.63, 3.8) is 0 Å². The minimum atomic E-state index is -0.437. The Morgan fingerprint density at radius 2 is 1.65 bits per heavy atom. The summed E-state index contributed by atoms with van der Waals surface area (Å²) in [5.74, 6) is -0.161. The number of benzene rings is 2.